The summed E-state index contributed by atoms with van der Waals surface area (Å²) in [4.78, 5) is 0. The third kappa shape index (κ3) is 2.71. The van der Waals surface area contributed by atoms with Crippen LogP contribution in [0.25, 0.3) is 11.0 Å². The largest absolute Gasteiger partial charge is 0.376 e. The standard InChI is InChI=1S/C13H13Cl2N5S/c1-3-7-4-8(20(2)17-7)6-16-11-9(14)5-10(15)12-13(11)19-21-18-12/h4-5,16H,3,6H2,1-2H3. The van der Waals surface area contributed by atoms with E-state index in [1.165, 1.54) is 0 Å². The highest BCUT2D eigenvalue weighted by Crippen LogP contribution is 2.35. The predicted molar refractivity (Wildman–Crippen MR) is 87.3 cm³/mol. The topological polar surface area (TPSA) is 55.6 Å². The third-order valence-corrected chi connectivity index (χ3v) is 4.39. The molecule has 0 fully saturated rings. The summed E-state index contributed by atoms with van der Waals surface area (Å²) in [5.74, 6) is 0. The van der Waals surface area contributed by atoms with Crippen LogP contribution in [0.1, 0.15) is 18.3 Å². The molecule has 21 heavy (non-hydrogen) atoms. The van der Waals surface area contributed by atoms with Gasteiger partial charge in [0.05, 0.1) is 45.4 Å². The van der Waals surface area contributed by atoms with E-state index in [1.54, 1.807) is 6.07 Å². The van der Waals surface area contributed by atoms with Gasteiger partial charge < -0.3 is 5.32 Å². The molecule has 0 spiro atoms. The van der Waals surface area contributed by atoms with Crippen LogP contribution in [0, 0.1) is 0 Å². The molecule has 0 saturated carbocycles. The van der Waals surface area contributed by atoms with Crippen molar-refractivity contribution >= 4 is 51.7 Å². The van der Waals surface area contributed by atoms with Crippen LogP contribution in [0.4, 0.5) is 5.69 Å². The van der Waals surface area contributed by atoms with Crippen molar-refractivity contribution in [2.45, 2.75) is 19.9 Å². The van der Waals surface area contributed by atoms with Gasteiger partial charge in [-0.2, -0.15) is 13.8 Å². The first-order chi connectivity index (χ1) is 10.1. The Labute approximate surface area is 136 Å². The molecule has 0 amide bonds. The van der Waals surface area contributed by atoms with Gasteiger partial charge in [-0.3, -0.25) is 4.68 Å². The molecule has 0 aliphatic heterocycles. The Hall–Kier alpha value is -1.37. The van der Waals surface area contributed by atoms with Gasteiger partial charge in [0.25, 0.3) is 0 Å². The van der Waals surface area contributed by atoms with E-state index in [0.29, 0.717) is 27.6 Å². The molecule has 2 aromatic heterocycles. The van der Waals surface area contributed by atoms with Gasteiger partial charge in [-0.15, -0.1) is 0 Å². The van der Waals surface area contributed by atoms with Crippen molar-refractivity contribution < 1.29 is 0 Å². The first kappa shape index (κ1) is 14.6. The first-order valence-electron chi connectivity index (χ1n) is 6.46. The van der Waals surface area contributed by atoms with Crippen LogP contribution in [0.15, 0.2) is 12.1 Å². The smallest absolute Gasteiger partial charge is 0.130 e. The van der Waals surface area contributed by atoms with Crippen LogP contribution < -0.4 is 5.32 Å². The second-order valence-corrected chi connectivity index (χ2v) is 5.98. The maximum absolute atomic E-state index is 6.27. The number of benzene rings is 1. The van der Waals surface area contributed by atoms with Crippen LogP contribution in [-0.2, 0) is 20.0 Å². The summed E-state index contributed by atoms with van der Waals surface area (Å²) >= 11 is 13.5. The van der Waals surface area contributed by atoms with Crippen LogP contribution in [0.2, 0.25) is 10.0 Å². The van der Waals surface area contributed by atoms with Gasteiger partial charge in [-0.05, 0) is 18.6 Å². The van der Waals surface area contributed by atoms with Gasteiger partial charge >= 0.3 is 0 Å². The van der Waals surface area contributed by atoms with Crippen LogP contribution >= 0.6 is 34.9 Å². The average molecular weight is 342 g/mol. The Balaban J connectivity index is 1.91. The lowest BCUT2D eigenvalue weighted by Gasteiger charge is -2.09. The van der Waals surface area contributed by atoms with Crippen molar-refractivity contribution in [1.29, 1.82) is 0 Å². The normalized spacial score (nSPS) is 11.2. The molecule has 5 nitrogen and oxygen atoms in total. The van der Waals surface area contributed by atoms with Crippen LogP contribution in [0.5, 0.6) is 0 Å². The van der Waals surface area contributed by atoms with E-state index < -0.39 is 0 Å². The predicted octanol–water partition coefficient (Wildman–Crippen LogP) is 3.91. The van der Waals surface area contributed by atoms with Gasteiger partial charge in [0.1, 0.15) is 11.0 Å². The lowest BCUT2D eigenvalue weighted by atomic mass is 10.2. The molecule has 2 heterocycles. The number of nitrogens with one attached hydrogen (secondary N) is 1. The molecule has 3 aromatic rings. The highest BCUT2D eigenvalue weighted by molar-refractivity contribution is 7.00. The van der Waals surface area contributed by atoms with Crippen molar-refractivity contribution in [1.82, 2.24) is 18.5 Å². The lowest BCUT2D eigenvalue weighted by molar-refractivity contribution is 0.707. The summed E-state index contributed by atoms with van der Waals surface area (Å²) in [6.45, 7) is 2.69. The minimum absolute atomic E-state index is 0.517. The van der Waals surface area contributed by atoms with E-state index >= 15 is 0 Å². The van der Waals surface area contributed by atoms with E-state index in [-0.39, 0.29) is 0 Å². The number of hydrogen-bond donors (Lipinski definition) is 1. The van der Waals surface area contributed by atoms with E-state index in [4.69, 9.17) is 23.2 Å². The summed E-state index contributed by atoms with van der Waals surface area (Å²) in [7, 11) is 1.93. The molecule has 1 N–H and O–H groups in total. The van der Waals surface area contributed by atoms with Crippen molar-refractivity contribution in [3.63, 3.8) is 0 Å². The molecular weight excluding hydrogens is 329 g/mol. The third-order valence-electron chi connectivity index (χ3n) is 3.28. The summed E-state index contributed by atoms with van der Waals surface area (Å²) in [6.07, 6.45) is 0.912. The first-order valence-corrected chi connectivity index (χ1v) is 7.94. The molecule has 0 bridgehead atoms. The summed E-state index contributed by atoms with van der Waals surface area (Å²) in [5.41, 5.74) is 4.28. The minimum Gasteiger partial charge on any atom is -0.376 e. The summed E-state index contributed by atoms with van der Waals surface area (Å²) < 4.78 is 10.3. The highest BCUT2D eigenvalue weighted by Gasteiger charge is 2.14. The molecule has 0 unspecified atom stereocenters. The minimum atomic E-state index is 0.517. The zero-order chi connectivity index (χ0) is 15.0. The molecule has 1 aromatic carbocycles. The molecule has 0 aliphatic rings. The Bertz CT molecular complexity index is 795. The molecule has 8 heteroatoms. The maximum atomic E-state index is 6.27. The quantitative estimate of drug-likeness (QED) is 0.781. The van der Waals surface area contributed by atoms with Crippen LogP contribution in [-0.4, -0.2) is 18.5 Å². The molecule has 0 atom stereocenters. The molecule has 110 valence electrons. The maximum Gasteiger partial charge on any atom is 0.130 e. The SMILES string of the molecule is CCc1cc(CNc2c(Cl)cc(Cl)c3nsnc23)n(C)n1. The number of hydrogen-bond acceptors (Lipinski definition) is 5. The lowest BCUT2D eigenvalue weighted by Crippen LogP contribution is -2.06. The number of aryl methyl sites for hydroxylation is 2. The second kappa shape index (κ2) is 5.79. The summed E-state index contributed by atoms with van der Waals surface area (Å²) in [6, 6.07) is 3.77. The number of anilines is 1. The fraction of sp³-hybridized carbons (Fsp3) is 0.308. The van der Waals surface area contributed by atoms with E-state index in [9.17, 15) is 0 Å². The molecule has 0 radical (unpaired) electrons. The number of halogens is 2. The van der Waals surface area contributed by atoms with E-state index in [1.807, 2.05) is 11.7 Å². The van der Waals surface area contributed by atoms with Crippen molar-refractivity contribution in [2.24, 2.45) is 7.05 Å². The number of aromatic nitrogens is 4. The Morgan fingerprint density at radius 1 is 1.19 bits per heavy atom. The van der Waals surface area contributed by atoms with E-state index in [0.717, 1.165) is 35.2 Å². The zero-order valence-electron chi connectivity index (χ0n) is 11.5. The van der Waals surface area contributed by atoms with Gasteiger partial charge in [0, 0.05) is 7.05 Å². The fourth-order valence-electron chi connectivity index (χ4n) is 2.13. The van der Waals surface area contributed by atoms with Crippen molar-refractivity contribution in [3.8, 4) is 0 Å². The average Bonchev–Trinajstić information content (AvgIpc) is 3.06. The van der Waals surface area contributed by atoms with Crippen molar-refractivity contribution in [2.75, 3.05) is 5.32 Å². The van der Waals surface area contributed by atoms with Crippen molar-refractivity contribution in [3.05, 3.63) is 33.6 Å². The monoisotopic (exact) mass is 341 g/mol. The van der Waals surface area contributed by atoms with E-state index in [2.05, 4.69) is 32.2 Å². The van der Waals surface area contributed by atoms with Gasteiger partial charge in [0.2, 0.25) is 0 Å². The summed E-state index contributed by atoms with van der Waals surface area (Å²) in [5, 5.41) is 8.80. The second-order valence-electron chi connectivity index (χ2n) is 4.63. The number of rotatable bonds is 4. The zero-order valence-corrected chi connectivity index (χ0v) is 13.9. The Morgan fingerprint density at radius 3 is 2.67 bits per heavy atom. The van der Waals surface area contributed by atoms with Gasteiger partial charge in [-0.1, -0.05) is 30.1 Å². The number of fused-ring (bicyclic) bond motifs is 1. The molecule has 3 rings (SSSR count). The fourth-order valence-corrected chi connectivity index (χ4v) is 3.31. The number of nitrogens with zero attached hydrogens (tertiary/aromatic N) is 4. The molecular formula is C13H13Cl2N5S. The molecule has 0 aliphatic carbocycles. The van der Waals surface area contributed by atoms with Gasteiger partial charge in [-0.25, -0.2) is 0 Å². The van der Waals surface area contributed by atoms with Crippen LogP contribution in [0.3, 0.4) is 0 Å². The Morgan fingerprint density at radius 2 is 1.95 bits per heavy atom. The molecule has 0 saturated heterocycles. The van der Waals surface area contributed by atoms with Gasteiger partial charge in [0.15, 0.2) is 0 Å². The highest BCUT2D eigenvalue weighted by atomic mass is 35.5. The Kier molecular flexibility index (Phi) is 4.01.